The minimum Gasteiger partial charge on any atom is -0.492 e. The molecule has 0 aliphatic carbocycles. The fourth-order valence-corrected chi connectivity index (χ4v) is 3.67. The minimum absolute atomic E-state index is 0.218. The van der Waals surface area contributed by atoms with Crippen molar-refractivity contribution in [1.29, 1.82) is 0 Å². The van der Waals surface area contributed by atoms with Gasteiger partial charge in [-0.2, -0.15) is 0 Å². The number of imidazole rings is 1. The van der Waals surface area contributed by atoms with Crippen LogP contribution >= 0.6 is 11.6 Å². The van der Waals surface area contributed by atoms with Crippen LogP contribution < -0.4 is 10.1 Å². The summed E-state index contributed by atoms with van der Waals surface area (Å²) in [6.45, 7) is 5.24. The summed E-state index contributed by atoms with van der Waals surface area (Å²) in [6, 6.07) is 13.4. The summed E-state index contributed by atoms with van der Waals surface area (Å²) in [5.74, 6) is 0.565. The molecule has 1 aliphatic heterocycles. The molecule has 0 bridgehead atoms. The number of amides is 1. The van der Waals surface area contributed by atoms with Crippen LogP contribution in [0.5, 0.6) is 5.75 Å². The second-order valence-corrected chi connectivity index (χ2v) is 7.54. The van der Waals surface area contributed by atoms with Gasteiger partial charge in [0.1, 0.15) is 18.0 Å². The molecule has 1 saturated heterocycles. The van der Waals surface area contributed by atoms with E-state index in [9.17, 15) is 4.79 Å². The Morgan fingerprint density at radius 2 is 2.00 bits per heavy atom. The molecule has 31 heavy (non-hydrogen) atoms. The number of nitrogens with one attached hydrogen (secondary N) is 1. The van der Waals surface area contributed by atoms with E-state index in [2.05, 4.69) is 15.2 Å². The molecule has 0 saturated carbocycles. The van der Waals surface area contributed by atoms with E-state index in [1.165, 1.54) is 6.08 Å². The highest BCUT2D eigenvalue weighted by atomic mass is 35.5. The number of rotatable bonds is 8. The molecule has 1 aliphatic rings. The van der Waals surface area contributed by atoms with Gasteiger partial charge in [-0.1, -0.05) is 35.9 Å². The van der Waals surface area contributed by atoms with E-state index in [1.807, 2.05) is 53.1 Å². The summed E-state index contributed by atoms with van der Waals surface area (Å²) in [6.07, 6.45) is 4.99. The lowest BCUT2D eigenvalue weighted by molar-refractivity contribution is -0.116. The number of benzene rings is 1. The Morgan fingerprint density at radius 3 is 2.87 bits per heavy atom. The fraction of sp³-hybridized carbons (Fsp3) is 0.304. The van der Waals surface area contributed by atoms with Gasteiger partial charge < -0.3 is 14.8 Å². The maximum Gasteiger partial charge on any atom is 0.244 e. The van der Waals surface area contributed by atoms with Crippen LogP contribution in [0.3, 0.4) is 0 Å². The lowest BCUT2D eigenvalue weighted by Crippen LogP contribution is -2.38. The van der Waals surface area contributed by atoms with Crippen molar-refractivity contribution in [2.75, 3.05) is 39.5 Å². The number of hydrogen-bond acceptors (Lipinski definition) is 5. The monoisotopic (exact) mass is 440 g/mol. The zero-order chi connectivity index (χ0) is 21.5. The van der Waals surface area contributed by atoms with E-state index < -0.39 is 0 Å². The van der Waals surface area contributed by atoms with Crippen LogP contribution in [0.4, 0.5) is 0 Å². The molecule has 0 spiro atoms. The third-order valence-corrected chi connectivity index (χ3v) is 5.39. The number of hydrogen-bond donors (Lipinski definition) is 1. The third kappa shape index (κ3) is 5.64. The van der Waals surface area contributed by atoms with Crippen LogP contribution in [-0.4, -0.2) is 59.6 Å². The number of carbonyl (C=O) groups is 1. The van der Waals surface area contributed by atoms with Crippen LogP contribution in [0.1, 0.15) is 11.3 Å². The Hall–Kier alpha value is -2.87. The van der Waals surface area contributed by atoms with Gasteiger partial charge in [-0.25, -0.2) is 4.98 Å². The minimum atomic E-state index is -0.218. The Labute approximate surface area is 186 Å². The lowest BCUT2D eigenvalue weighted by atomic mass is 10.2. The predicted octanol–water partition coefficient (Wildman–Crippen LogP) is 3.03. The molecular weight excluding hydrogens is 416 g/mol. The van der Waals surface area contributed by atoms with E-state index in [0.717, 1.165) is 49.8 Å². The van der Waals surface area contributed by atoms with E-state index in [1.54, 1.807) is 6.08 Å². The van der Waals surface area contributed by atoms with Crippen molar-refractivity contribution >= 4 is 29.2 Å². The standard InChI is InChI=1S/C23H25ClN4O3/c24-23-19(28-10-4-3-7-21(28)26-23)8-9-22(29)25-17-18-5-1-2-6-20(18)31-16-13-27-11-14-30-15-12-27/h1-10H,11-17H2,(H,25,29). The number of pyridine rings is 1. The number of carbonyl (C=O) groups excluding carboxylic acids is 1. The molecule has 3 heterocycles. The van der Waals surface area contributed by atoms with Crippen LogP contribution in [0.25, 0.3) is 11.7 Å². The quantitative estimate of drug-likeness (QED) is 0.545. The average molecular weight is 441 g/mol. The van der Waals surface area contributed by atoms with Crippen molar-refractivity contribution in [3.8, 4) is 5.75 Å². The van der Waals surface area contributed by atoms with Crippen molar-refractivity contribution < 1.29 is 14.3 Å². The highest BCUT2D eigenvalue weighted by Crippen LogP contribution is 2.19. The van der Waals surface area contributed by atoms with Gasteiger partial charge in [0.15, 0.2) is 5.15 Å². The number of para-hydroxylation sites is 1. The second-order valence-electron chi connectivity index (χ2n) is 7.18. The zero-order valence-electron chi connectivity index (χ0n) is 17.2. The zero-order valence-corrected chi connectivity index (χ0v) is 17.9. The van der Waals surface area contributed by atoms with Gasteiger partial charge in [0.05, 0.1) is 18.9 Å². The maximum absolute atomic E-state index is 12.4. The molecule has 1 fully saturated rings. The number of fused-ring (bicyclic) bond motifs is 1. The molecule has 3 aromatic rings. The van der Waals surface area contributed by atoms with Crippen LogP contribution in [-0.2, 0) is 16.1 Å². The van der Waals surface area contributed by atoms with Crippen molar-refractivity contribution in [3.63, 3.8) is 0 Å². The highest BCUT2D eigenvalue weighted by Gasteiger charge is 2.11. The van der Waals surface area contributed by atoms with Gasteiger partial charge >= 0.3 is 0 Å². The van der Waals surface area contributed by atoms with Crippen molar-refractivity contribution in [3.05, 3.63) is 71.1 Å². The summed E-state index contributed by atoms with van der Waals surface area (Å²) in [7, 11) is 0. The maximum atomic E-state index is 12.4. The van der Waals surface area contributed by atoms with E-state index >= 15 is 0 Å². The first kappa shape index (κ1) is 21.4. The van der Waals surface area contributed by atoms with Crippen LogP contribution in [0.2, 0.25) is 5.15 Å². The number of nitrogens with zero attached hydrogens (tertiary/aromatic N) is 3. The number of halogens is 1. The topological polar surface area (TPSA) is 68.1 Å². The SMILES string of the molecule is O=C(C=Cc1c(Cl)nc2ccccn12)NCc1ccccc1OCCN1CCOCC1. The molecule has 7 nitrogen and oxygen atoms in total. The summed E-state index contributed by atoms with van der Waals surface area (Å²) in [5, 5.41) is 3.26. The van der Waals surface area contributed by atoms with Gasteiger partial charge in [0, 0.05) is 44.0 Å². The Balaban J connectivity index is 1.32. The first-order valence-electron chi connectivity index (χ1n) is 10.3. The molecule has 1 N–H and O–H groups in total. The molecule has 1 amide bonds. The smallest absolute Gasteiger partial charge is 0.244 e. The van der Waals surface area contributed by atoms with Crippen molar-refractivity contribution in [2.24, 2.45) is 0 Å². The molecule has 1 aromatic carbocycles. The van der Waals surface area contributed by atoms with Crippen LogP contribution in [0.15, 0.2) is 54.7 Å². The average Bonchev–Trinajstić information content (AvgIpc) is 3.12. The molecule has 162 valence electrons. The van der Waals surface area contributed by atoms with Gasteiger partial charge in [-0.15, -0.1) is 0 Å². The highest BCUT2D eigenvalue weighted by molar-refractivity contribution is 6.31. The fourth-order valence-electron chi connectivity index (χ4n) is 3.43. The molecule has 4 rings (SSSR count). The van der Waals surface area contributed by atoms with Gasteiger partial charge in [-0.05, 0) is 24.3 Å². The van der Waals surface area contributed by atoms with Crippen molar-refractivity contribution in [1.82, 2.24) is 19.6 Å². The summed E-state index contributed by atoms with van der Waals surface area (Å²) < 4.78 is 13.2. The third-order valence-electron chi connectivity index (χ3n) is 5.11. The van der Waals surface area contributed by atoms with Gasteiger partial charge in [-0.3, -0.25) is 14.1 Å². The van der Waals surface area contributed by atoms with Gasteiger partial charge in [0.2, 0.25) is 5.91 Å². The Bertz CT molecular complexity index is 1060. The largest absolute Gasteiger partial charge is 0.492 e. The molecule has 0 radical (unpaired) electrons. The summed E-state index contributed by atoms with van der Waals surface area (Å²) in [4.78, 5) is 19.0. The predicted molar refractivity (Wildman–Crippen MR) is 120 cm³/mol. The molecule has 8 heteroatoms. The second kappa shape index (κ2) is 10.4. The Morgan fingerprint density at radius 1 is 1.19 bits per heavy atom. The number of morpholine rings is 1. The van der Waals surface area contributed by atoms with E-state index in [0.29, 0.717) is 24.0 Å². The molecule has 0 unspecified atom stereocenters. The molecule has 0 atom stereocenters. The molecular formula is C23H25ClN4O3. The normalized spacial score (nSPS) is 14.9. The van der Waals surface area contributed by atoms with Crippen molar-refractivity contribution in [2.45, 2.75) is 6.54 Å². The van der Waals surface area contributed by atoms with Crippen LogP contribution in [0, 0.1) is 0 Å². The van der Waals surface area contributed by atoms with Gasteiger partial charge in [0.25, 0.3) is 0 Å². The molecule has 2 aromatic heterocycles. The first-order chi connectivity index (χ1) is 15.2. The lowest BCUT2D eigenvalue weighted by Gasteiger charge is -2.26. The Kier molecular flexibility index (Phi) is 7.19. The summed E-state index contributed by atoms with van der Waals surface area (Å²) in [5.41, 5.74) is 2.33. The first-order valence-corrected chi connectivity index (χ1v) is 10.7. The number of ether oxygens (including phenoxy) is 2. The number of aromatic nitrogens is 2. The summed E-state index contributed by atoms with van der Waals surface area (Å²) >= 11 is 6.21. The van der Waals surface area contributed by atoms with E-state index in [-0.39, 0.29) is 5.91 Å². The van der Waals surface area contributed by atoms with E-state index in [4.69, 9.17) is 21.1 Å².